The number of hydroxylamine groups is 1. The largest absolute Gasteiger partial charge is 0.493 e. The van der Waals surface area contributed by atoms with Gasteiger partial charge < -0.3 is 14.3 Å². The van der Waals surface area contributed by atoms with Gasteiger partial charge in [0.15, 0.2) is 11.5 Å². The zero-order valence-corrected chi connectivity index (χ0v) is 15.2. The number of carbonyl (C=O) groups excluding carboxylic acids is 1. The van der Waals surface area contributed by atoms with Gasteiger partial charge in [0.2, 0.25) is 0 Å². The van der Waals surface area contributed by atoms with Gasteiger partial charge in [0.25, 0.3) is 11.4 Å². The average Bonchev–Trinajstić information content (AvgIpc) is 3.49. The fourth-order valence-corrected chi connectivity index (χ4v) is 3.91. The molecule has 7 heteroatoms. The van der Waals surface area contributed by atoms with E-state index in [4.69, 9.17) is 21.3 Å². The van der Waals surface area contributed by atoms with Crippen LogP contribution >= 0.6 is 0 Å². The van der Waals surface area contributed by atoms with E-state index in [9.17, 15) is 4.79 Å². The lowest BCUT2D eigenvalue weighted by molar-refractivity contribution is -0.137. The molecule has 1 aromatic carbocycles. The molecule has 3 rings (SSSR count). The normalized spacial score (nSPS) is 20.7. The van der Waals surface area contributed by atoms with E-state index >= 15 is 0 Å². The van der Waals surface area contributed by atoms with Crippen LogP contribution in [-0.2, 0) is 10.3 Å². The Kier molecular flexibility index (Phi) is 5.08. The third-order valence-corrected chi connectivity index (χ3v) is 5.66. The van der Waals surface area contributed by atoms with E-state index in [2.05, 4.69) is 9.74 Å². The van der Waals surface area contributed by atoms with Gasteiger partial charge in [-0.15, -0.1) is 0 Å². The van der Waals surface area contributed by atoms with Crippen LogP contribution < -0.4 is 15.0 Å². The maximum atomic E-state index is 12.0. The molecule has 2 fully saturated rings. The van der Waals surface area contributed by atoms with Crippen LogP contribution in [-0.4, -0.2) is 48.4 Å². The second kappa shape index (κ2) is 7.14. The number of rotatable bonds is 6. The molecule has 0 atom stereocenters. The summed E-state index contributed by atoms with van der Waals surface area (Å²) in [6.07, 6.45) is 2.77. The zero-order chi connectivity index (χ0) is 18.8. The first kappa shape index (κ1) is 18.5. The molecule has 0 unspecified atom stereocenters. The average molecular weight is 359 g/mol. The van der Waals surface area contributed by atoms with E-state index in [0.29, 0.717) is 44.0 Å². The molecule has 1 heterocycles. The van der Waals surface area contributed by atoms with Crippen LogP contribution in [0.25, 0.3) is 4.85 Å². The van der Waals surface area contributed by atoms with Crippen molar-refractivity contribution in [3.8, 4) is 11.5 Å². The molecule has 0 spiro atoms. The Morgan fingerprint density at radius 1 is 1.31 bits per heavy atom. The Bertz CT molecular complexity index is 716. The summed E-state index contributed by atoms with van der Waals surface area (Å²) < 4.78 is 11.0. The van der Waals surface area contributed by atoms with Crippen LogP contribution in [0.15, 0.2) is 18.2 Å². The van der Waals surface area contributed by atoms with Crippen molar-refractivity contribution < 1.29 is 19.5 Å². The van der Waals surface area contributed by atoms with Crippen LogP contribution in [0.3, 0.4) is 0 Å². The third kappa shape index (κ3) is 3.00. The van der Waals surface area contributed by atoms with Gasteiger partial charge in [0.05, 0.1) is 13.7 Å². The summed E-state index contributed by atoms with van der Waals surface area (Å²) in [6, 6.07) is 5.69. The number of methoxy groups -OCH3 is 1. The first-order chi connectivity index (χ1) is 12.5. The predicted molar refractivity (Wildman–Crippen MR) is 95.1 cm³/mol. The maximum absolute atomic E-state index is 12.0. The number of nitrogens with one attached hydrogen (secondary N) is 1. The Morgan fingerprint density at radius 3 is 2.50 bits per heavy atom. The van der Waals surface area contributed by atoms with Crippen molar-refractivity contribution in [1.29, 1.82) is 0 Å². The Labute approximate surface area is 153 Å². The van der Waals surface area contributed by atoms with E-state index in [-0.39, 0.29) is 5.91 Å². The Morgan fingerprint density at radius 2 is 2.00 bits per heavy atom. The smallest absolute Gasteiger partial charge is 0.263 e. The highest BCUT2D eigenvalue weighted by molar-refractivity contribution is 5.88. The van der Waals surface area contributed by atoms with Gasteiger partial charge in [-0.25, -0.2) is 12.1 Å². The highest BCUT2D eigenvalue weighted by Gasteiger charge is 2.57. The molecule has 140 valence electrons. The number of benzene rings is 1. The van der Waals surface area contributed by atoms with Crippen LogP contribution in [0, 0.1) is 6.57 Å². The van der Waals surface area contributed by atoms with Gasteiger partial charge in [-0.1, -0.05) is 0 Å². The van der Waals surface area contributed by atoms with Gasteiger partial charge >= 0.3 is 0 Å². The van der Waals surface area contributed by atoms with Gasteiger partial charge in [-0.3, -0.25) is 14.9 Å². The topological polar surface area (TPSA) is 75.4 Å². The molecule has 0 aromatic heterocycles. The molecule has 26 heavy (non-hydrogen) atoms. The van der Waals surface area contributed by atoms with E-state index in [1.807, 2.05) is 25.1 Å². The lowest BCUT2D eigenvalue weighted by Gasteiger charge is -2.38. The predicted octanol–water partition coefficient (Wildman–Crippen LogP) is 2.34. The van der Waals surface area contributed by atoms with Crippen molar-refractivity contribution in [1.82, 2.24) is 10.4 Å². The Hall–Kier alpha value is -2.30. The van der Waals surface area contributed by atoms with Crippen molar-refractivity contribution >= 4 is 5.91 Å². The monoisotopic (exact) mass is 359 g/mol. The second-order valence-electron chi connectivity index (χ2n) is 6.90. The summed E-state index contributed by atoms with van der Waals surface area (Å²) in [5.41, 5.74) is 1.51. The molecule has 2 aliphatic rings. The van der Waals surface area contributed by atoms with Crippen LogP contribution in [0.5, 0.6) is 11.5 Å². The molecular weight excluding hydrogens is 334 g/mol. The first-order valence-electron chi connectivity index (χ1n) is 8.95. The lowest BCUT2D eigenvalue weighted by atomic mass is 9.81. The molecular formula is C19H25N3O4. The number of hydrogen-bond acceptors (Lipinski definition) is 5. The van der Waals surface area contributed by atoms with Crippen LogP contribution in [0.1, 0.15) is 38.2 Å². The van der Waals surface area contributed by atoms with Crippen molar-refractivity contribution in [2.45, 2.75) is 43.7 Å². The summed E-state index contributed by atoms with van der Waals surface area (Å²) in [5.74, 6) is 0.969. The fourth-order valence-electron chi connectivity index (χ4n) is 3.91. The minimum absolute atomic E-state index is 0.337. The van der Waals surface area contributed by atoms with Crippen LogP contribution in [0.4, 0.5) is 0 Å². The second-order valence-corrected chi connectivity index (χ2v) is 6.90. The van der Waals surface area contributed by atoms with Gasteiger partial charge in [-0.05, 0) is 38.0 Å². The quantitative estimate of drug-likeness (QED) is 0.463. The van der Waals surface area contributed by atoms with Crippen molar-refractivity contribution in [3.05, 3.63) is 35.2 Å². The van der Waals surface area contributed by atoms with Gasteiger partial charge in [0, 0.05) is 31.5 Å². The molecule has 1 amide bonds. The van der Waals surface area contributed by atoms with Crippen molar-refractivity contribution in [3.63, 3.8) is 0 Å². The minimum atomic E-state index is -0.625. The fraction of sp³-hybridized carbons (Fsp3) is 0.579. The molecule has 1 saturated heterocycles. The van der Waals surface area contributed by atoms with E-state index in [1.54, 1.807) is 12.6 Å². The lowest BCUT2D eigenvalue weighted by Crippen LogP contribution is -2.53. The zero-order valence-electron chi connectivity index (χ0n) is 15.2. The van der Waals surface area contributed by atoms with Gasteiger partial charge in [0.1, 0.15) is 5.54 Å². The number of likely N-dealkylation sites (tertiary alicyclic amines) is 1. The van der Waals surface area contributed by atoms with Crippen LogP contribution in [0.2, 0.25) is 0 Å². The first-order valence-corrected chi connectivity index (χ1v) is 8.95. The van der Waals surface area contributed by atoms with Crippen molar-refractivity contribution in [2.75, 3.05) is 26.8 Å². The number of carbonyl (C=O) groups is 1. The van der Waals surface area contributed by atoms with E-state index in [1.165, 1.54) is 0 Å². The summed E-state index contributed by atoms with van der Waals surface area (Å²) in [5, 5.41) is 9.00. The van der Waals surface area contributed by atoms with Crippen molar-refractivity contribution in [2.24, 2.45) is 0 Å². The maximum Gasteiger partial charge on any atom is 0.263 e. The number of hydrogen-bond donors (Lipinski definition) is 2. The molecule has 0 radical (unpaired) electrons. The summed E-state index contributed by atoms with van der Waals surface area (Å²) >= 11 is 0. The van der Waals surface area contributed by atoms with E-state index < -0.39 is 11.1 Å². The summed E-state index contributed by atoms with van der Waals surface area (Å²) in [7, 11) is 1.60. The number of nitrogens with zero attached hydrogens (tertiary/aromatic N) is 2. The number of piperidine rings is 1. The molecule has 1 saturated carbocycles. The summed E-state index contributed by atoms with van der Waals surface area (Å²) in [6.45, 7) is 11.6. The molecule has 1 aromatic rings. The number of ether oxygens (including phenoxy) is 2. The third-order valence-electron chi connectivity index (χ3n) is 5.66. The molecule has 2 N–H and O–H groups in total. The molecule has 1 aliphatic carbocycles. The highest BCUT2D eigenvalue weighted by Crippen LogP contribution is 2.47. The number of amides is 1. The SMILES string of the molecule is [C-]#[N+]C1(c2ccc(OC)c(OCC)c2)CCN(C2(C(=O)NO)CC2)CC1. The summed E-state index contributed by atoms with van der Waals surface area (Å²) in [4.78, 5) is 18.1. The van der Waals surface area contributed by atoms with Gasteiger partial charge in [-0.2, -0.15) is 0 Å². The Balaban J connectivity index is 1.81. The minimum Gasteiger partial charge on any atom is -0.493 e. The molecule has 7 nitrogen and oxygen atoms in total. The van der Waals surface area contributed by atoms with E-state index in [0.717, 1.165) is 18.4 Å². The molecule has 0 bridgehead atoms. The highest BCUT2D eigenvalue weighted by atomic mass is 16.5. The molecule has 1 aliphatic heterocycles. The standard InChI is InChI=1S/C19H25N3O4/c1-4-26-16-13-14(5-6-15(16)25-3)18(20-2)9-11-22(12-10-18)19(7-8-19)17(23)21-24/h5-6,13,24H,4,7-12H2,1,3H3,(H,21,23).